The number of hydrogen-bond acceptors (Lipinski definition) is 15. The Labute approximate surface area is 581 Å². The van der Waals surface area contributed by atoms with Gasteiger partial charge in [-0.15, -0.1) is 0 Å². The van der Waals surface area contributed by atoms with E-state index in [0.717, 1.165) is 108 Å². The molecule has 0 bridgehead atoms. The van der Waals surface area contributed by atoms with Gasteiger partial charge in [0.25, 0.3) is 0 Å². The van der Waals surface area contributed by atoms with Crippen LogP contribution >= 0.6 is 15.6 Å². The maximum Gasteiger partial charge on any atom is 0.472 e. The van der Waals surface area contributed by atoms with Gasteiger partial charge in [-0.05, 0) is 43.4 Å². The number of aliphatic hydroxyl groups excluding tert-OH is 1. The Hall–Kier alpha value is -1.94. The van der Waals surface area contributed by atoms with E-state index in [1.807, 2.05) is 0 Å². The SMILES string of the molecule is CCCCCCCCCCCCCCC(=O)O[C@H](COC(=O)CCCCCCCCCC(C)C)COP(=O)(O)OC[C@H](O)COP(=O)(O)OC[C@@H](COC(=O)CCCCCCCCCCCCCCC(C)C)OC(=O)CCCCCCCCCCCCCCCCC(C)CC. The highest BCUT2D eigenvalue weighted by Crippen LogP contribution is 2.45. The minimum absolute atomic E-state index is 0.106. The van der Waals surface area contributed by atoms with Crippen LogP contribution in [-0.2, 0) is 65.4 Å². The molecule has 17 nitrogen and oxygen atoms in total. The van der Waals surface area contributed by atoms with Gasteiger partial charge in [-0.2, -0.15) is 0 Å². The number of phosphoric ester groups is 2. The zero-order chi connectivity index (χ0) is 70.1. The first kappa shape index (κ1) is 93.1. The summed E-state index contributed by atoms with van der Waals surface area (Å²) in [4.78, 5) is 72.8. The van der Waals surface area contributed by atoms with Crippen LogP contribution in [0.1, 0.15) is 389 Å². The number of hydrogen-bond donors (Lipinski definition) is 3. The fourth-order valence-electron chi connectivity index (χ4n) is 11.6. The molecule has 0 rings (SSSR count). The number of phosphoric acid groups is 2. The molecule has 6 atom stereocenters. The van der Waals surface area contributed by atoms with Crippen LogP contribution in [0.4, 0.5) is 0 Å². The zero-order valence-corrected chi connectivity index (χ0v) is 63.9. The van der Waals surface area contributed by atoms with E-state index in [0.29, 0.717) is 31.6 Å². The molecule has 564 valence electrons. The van der Waals surface area contributed by atoms with Gasteiger partial charge in [0, 0.05) is 25.7 Å². The van der Waals surface area contributed by atoms with Crippen molar-refractivity contribution in [1.82, 2.24) is 0 Å². The number of carbonyl (C=O) groups is 4. The fraction of sp³-hybridized carbons (Fsp3) is 0.947. The van der Waals surface area contributed by atoms with Crippen molar-refractivity contribution >= 4 is 39.5 Å². The summed E-state index contributed by atoms with van der Waals surface area (Å²) < 4.78 is 68.5. The standard InChI is InChI=1S/C76H148O17P2/c1-8-10-11-12-13-14-15-24-30-37-45-52-59-75(80)93-72(64-87-74(79)58-51-44-39-32-34-41-48-55-68(5)6)66-91-95(84,85)89-62-70(77)61-88-94(82,83)90-65-71(63-86-73(78)57-50-43-36-29-25-21-20-22-27-33-40-47-54-67(3)4)92-76(81)60-53-46-38-31-26-19-17-16-18-23-28-35-42-49-56-69(7)9-2/h67-72,77H,8-66H2,1-7H3,(H,82,83)(H,84,85)/t69?,70-,71-,72-/m1/s1. The molecule has 0 amide bonds. The average Bonchev–Trinajstić information content (AvgIpc) is 1.92. The molecule has 0 aliphatic carbocycles. The van der Waals surface area contributed by atoms with E-state index in [4.69, 9.17) is 37.0 Å². The number of esters is 4. The summed E-state index contributed by atoms with van der Waals surface area (Å²) in [7, 11) is -9.91. The van der Waals surface area contributed by atoms with Crippen molar-refractivity contribution in [2.45, 2.75) is 407 Å². The summed E-state index contributed by atoms with van der Waals surface area (Å²) in [5, 5.41) is 10.6. The lowest BCUT2D eigenvalue weighted by Gasteiger charge is -2.21. The highest BCUT2D eigenvalue weighted by Gasteiger charge is 2.30. The van der Waals surface area contributed by atoms with E-state index >= 15 is 0 Å². The van der Waals surface area contributed by atoms with Gasteiger partial charge in [-0.3, -0.25) is 37.3 Å². The number of aliphatic hydroxyl groups is 1. The van der Waals surface area contributed by atoms with Gasteiger partial charge in [-0.25, -0.2) is 9.13 Å². The molecule has 0 aromatic heterocycles. The normalized spacial score (nSPS) is 14.4. The fourth-order valence-corrected chi connectivity index (χ4v) is 13.1. The molecule has 0 spiro atoms. The van der Waals surface area contributed by atoms with Gasteiger partial charge in [-0.1, -0.05) is 337 Å². The summed E-state index contributed by atoms with van der Waals surface area (Å²) in [6.07, 6.45) is 52.6. The van der Waals surface area contributed by atoms with Crippen LogP contribution in [0.2, 0.25) is 0 Å². The quantitative estimate of drug-likeness (QED) is 0.0222. The molecular formula is C76H148O17P2. The van der Waals surface area contributed by atoms with Crippen LogP contribution in [0.3, 0.4) is 0 Å². The lowest BCUT2D eigenvalue weighted by Crippen LogP contribution is -2.30. The molecule has 0 aromatic rings. The highest BCUT2D eigenvalue weighted by molar-refractivity contribution is 7.47. The first-order valence-corrected chi connectivity index (χ1v) is 42.4. The smallest absolute Gasteiger partial charge is 0.462 e. The minimum atomic E-state index is -4.96. The van der Waals surface area contributed by atoms with Crippen molar-refractivity contribution in [2.75, 3.05) is 39.6 Å². The summed E-state index contributed by atoms with van der Waals surface area (Å²) in [6.45, 7) is 11.9. The number of rotatable bonds is 74. The van der Waals surface area contributed by atoms with Crippen molar-refractivity contribution in [3.8, 4) is 0 Å². The Morgan fingerprint density at radius 3 is 0.800 bits per heavy atom. The van der Waals surface area contributed by atoms with Crippen molar-refractivity contribution in [3.63, 3.8) is 0 Å². The van der Waals surface area contributed by atoms with Gasteiger partial charge in [0.05, 0.1) is 26.4 Å². The number of carbonyl (C=O) groups excluding carboxylic acids is 4. The molecule has 0 saturated carbocycles. The molecular weight excluding hydrogens is 1250 g/mol. The summed E-state index contributed by atoms with van der Waals surface area (Å²) in [6, 6.07) is 0. The van der Waals surface area contributed by atoms with Crippen molar-refractivity contribution in [3.05, 3.63) is 0 Å². The maximum atomic E-state index is 13.1. The van der Waals surface area contributed by atoms with Crippen LogP contribution in [0.15, 0.2) is 0 Å². The van der Waals surface area contributed by atoms with E-state index in [9.17, 15) is 43.2 Å². The molecule has 19 heteroatoms. The summed E-state index contributed by atoms with van der Waals surface area (Å²) >= 11 is 0. The zero-order valence-electron chi connectivity index (χ0n) is 62.1. The lowest BCUT2D eigenvalue weighted by atomic mass is 9.99. The number of ether oxygens (including phenoxy) is 4. The molecule has 0 aliphatic rings. The second kappa shape index (κ2) is 66.6. The third-order valence-corrected chi connectivity index (χ3v) is 19.9. The monoisotopic (exact) mass is 1400 g/mol. The second-order valence-electron chi connectivity index (χ2n) is 28.6. The highest BCUT2D eigenvalue weighted by atomic mass is 31.2. The molecule has 0 aromatic carbocycles. The number of unbranched alkanes of at least 4 members (excludes halogenated alkanes) is 41. The third kappa shape index (κ3) is 69.0. The maximum absolute atomic E-state index is 13.1. The van der Waals surface area contributed by atoms with Crippen molar-refractivity contribution < 1.29 is 80.2 Å². The van der Waals surface area contributed by atoms with Gasteiger partial charge in [0.2, 0.25) is 0 Å². The molecule has 3 unspecified atom stereocenters. The Morgan fingerprint density at radius 1 is 0.305 bits per heavy atom. The van der Waals surface area contributed by atoms with E-state index in [1.165, 1.54) is 193 Å². The van der Waals surface area contributed by atoms with Crippen LogP contribution in [-0.4, -0.2) is 96.7 Å². The predicted octanol–water partition coefficient (Wildman–Crippen LogP) is 22.2. The molecule has 0 heterocycles. The molecule has 95 heavy (non-hydrogen) atoms. The second-order valence-corrected chi connectivity index (χ2v) is 31.5. The Morgan fingerprint density at radius 2 is 0.537 bits per heavy atom. The van der Waals surface area contributed by atoms with Crippen molar-refractivity contribution in [2.24, 2.45) is 17.8 Å². The molecule has 3 N–H and O–H groups in total. The largest absolute Gasteiger partial charge is 0.472 e. The van der Waals surface area contributed by atoms with E-state index in [2.05, 4.69) is 48.5 Å². The summed E-state index contributed by atoms with van der Waals surface area (Å²) in [5.41, 5.74) is 0. The van der Waals surface area contributed by atoms with Crippen molar-refractivity contribution in [1.29, 1.82) is 0 Å². The van der Waals surface area contributed by atoms with Crippen LogP contribution in [0.5, 0.6) is 0 Å². The summed E-state index contributed by atoms with van der Waals surface area (Å²) in [5.74, 6) is 0.216. The minimum Gasteiger partial charge on any atom is -0.462 e. The van der Waals surface area contributed by atoms with Crippen LogP contribution < -0.4 is 0 Å². The van der Waals surface area contributed by atoms with E-state index in [1.54, 1.807) is 0 Å². The first-order chi connectivity index (χ1) is 45.8. The van der Waals surface area contributed by atoms with E-state index in [-0.39, 0.29) is 25.7 Å². The average molecular weight is 1400 g/mol. The Bertz CT molecular complexity index is 1850. The lowest BCUT2D eigenvalue weighted by molar-refractivity contribution is -0.161. The first-order valence-electron chi connectivity index (χ1n) is 39.4. The predicted molar refractivity (Wildman–Crippen MR) is 386 cm³/mol. The Balaban J connectivity index is 5.25. The van der Waals surface area contributed by atoms with Gasteiger partial charge >= 0.3 is 39.5 Å². The molecule has 0 saturated heterocycles. The molecule has 0 fully saturated rings. The van der Waals surface area contributed by atoms with Gasteiger partial charge < -0.3 is 33.8 Å². The van der Waals surface area contributed by atoms with Crippen LogP contribution in [0.25, 0.3) is 0 Å². The third-order valence-electron chi connectivity index (χ3n) is 18.0. The molecule has 0 radical (unpaired) electrons. The van der Waals surface area contributed by atoms with E-state index < -0.39 is 97.5 Å². The van der Waals surface area contributed by atoms with Crippen LogP contribution in [0, 0.1) is 17.8 Å². The van der Waals surface area contributed by atoms with Gasteiger partial charge in [0.15, 0.2) is 12.2 Å². The Kier molecular flexibility index (Phi) is 65.2. The molecule has 0 aliphatic heterocycles. The van der Waals surface area contributed by atoms with Gasteiger partial charge in [0.1, 0.15) is 19.3 Å². The topological polar surface area (TPSA) is 237 Å².